The second-order valence-electron chi connectivity index (χ2n) is 12.8. The Balaban J connectivity index is 1.24. The summed E-state index contributed by atoms with van der Waals surface area (Å²) in [6, 6.07) is 59.5. The Labute approximate surface area is 272 Å². The molecule has 0 N–H and O–H groups in total. The van der Waals surface area contributed by atoms with Gasteiger partial charge >= 0.3 is 0 Å². The van der Waals surface area contributed by atoms with Gasteiger partial charge in [-0.2, -0.15) is 0 Å². The average Bonchev–Trinajstić information content (AvgIpc) is 3.59. The third kappa shape index (κ3) is 3.02. The normalized spacial score (nSPS) is 16.3. The van der Waals surface area contributed by atoms with E-state index in [1.807, 2.05) is 11.8 Å². The van der Waals surface area contributed by atoms with Crippen molar-refractivity contribution in [2.24, 2.45) is 0 Å². The number of hydrogen-bond donors (Lipinski definition) is 0. The molecule has 1 spiro atoms. The van der Waals surface area contributed by atoms with Crippen LogP contribution < -0.4 is 0 Å². The van der Waals surface area contributed by atoms with Gasteiger partial charge in [-0.05, 0) is 113 Å². The Morgan fingerprint density at radius 2 is 1.02 bits per heavy atom. The van der Waals surface area contributed by atoms with E-state index in [-0.39, 0.29) is 0 Å². The average molecular weight is 599 g/mol. The van der Waals surface area contributed by atoms with E-state index in [0.717, 1.165) is 0 Å². The SMILES string of the molecule is c1ccc2c(c1)Sc1cccc3cc(-c4ccc5c(c4)C4(c6ccccc6-5)c5ccccc5-c5ccc6ccccc6c54)cc-2c13. The van der Waals surface area contributed by atoms with Gasteiger partial charge in [0.25, 0.3) is 0 Å². The van der Waals surface area contributed by atoms with Crippen molar-refractivity contribution >= 4 is 33.3 Å². The molecule has 3 aliphatic rings. The molecule has 0 bridgehead atoms. The maximum atomic E-state index is 2.52. The monoisotopic (exact) mass is 598 g/mol. The highest BCUT2D eigenvalue weighted by atomic mass is 32.2. The van der Waals surface area contributed by atoms with E-state index in [9.17, 15) is 0 Å². The molecule has 212 valence electrons. The third-order valence-electron chi connectivity index (χ3n) is 10.6. The lowest BCUT2D eigenvalue weighted by Gasteiger charge is -2.31. The molecule has 0 nitrogen and oxygen atoms in total. The van der Waals surface area contributed by atoms with Crippen LogP contribution >= 0.6 is 11.8 Å². The first-order valence-corrected chi connectivity index (χ1v) is 16.8. The molecule has 1 aliphatic heterocycles. The molecular weight excluding hydrogens is 573 g/mol. The maximum Gasteiger partial charge on any atom is 0.0731 e. The Morgan fingerprint density at radius 3 is 1.89 bits per heavy atom. The molecule has 1 atom stereocenters. The van der Waals surface area contributed by atoms with E-state index in [4.69, 9.17) is 0 Å². The third-order valence-corrected chi connectivity index (χ3v) is 11.8. The van der Waals surface area contributed by atoms with Crippen LogP contribution in [0.2, 0.25) is 0 Å². The predicted molar refractivity (Wildman–Crippen MR) is 193 cm³/mol. The quantitative estimate of drug-likeness (QED) is 0.181. The summed E-state index contributed by atoms with van der Waals surface area (Å²) >= 11 is 1.89. The summed E-state index contributed by atoms with van der Waals surface area (Å²) in [6.07, 6.45) is 0. The lowest BCUT2D eigenvalue weighted by molar-refractivity contribution is 0.801. The van der Waals surface area contributed by atoms with Gasteiger partial charge in [0, 0.05) is 15.2 Å². The van der Waals surface area contributed by atoms with Crippen LogP contribution in [0.15, 0.2) is 168 Å². The summed E-state index contributed by atoms with van der Waals surface area (Å²) in [4.78, 5) is 2.67. The van der Waals surface area contributed by atoms with Gasteiger partial charge in [-0.15, -0.1) is 0 Å². The Bertz CT molecular complexity index is 2610. The minimum absolute atomic E-state index is 0.393. The number of fused-ring (bicyclic) bond motifs is 14. The summed E-state index contributed by atoms with van der Waals surface area (Å²) in [5.41, 5.74) is 15.7. The zero-order chi connectivity index (χ0) is 30.0. The van der Waals surface area contributed by atoms with Crippen LogP contribution in [-0.4, -0.2) is 0 Å². The molecule has 2 aliphatic carbocycles. The van der Waals surface area contributed by atoms with Crippen molar-refractivity contribution in [1.29, 1.82) is 0 Å². The van der Waals surface area contributed by atoms with Crippen LogP contribution in [0.3, 0.4) is 0 Å². The van der Waals surface area contributed by atoms with Crippen molar-refractivity contribution in [3.8, 4) is 44.5 Å². The topological polar surface area (TPSA) is 0 Å². The highest BCUT2D eigenvalue weighted by Crippen LogP contribution is 2.64. The second-order valence-corrected chi connectivity index (χ2v) is 13.9. The summed E-state index contributed by atoms with van der Waals surface area (Å²) in [7, 11) is 0. The Morgan fingerprint density at radius 1 is 0.370 bits per heavy atom. The van der Waals surface area contributed by atoms with E-state index >= 15 is 0 Å². The van der Waals surface area contributed by atoms with Gasteiger partial charge in [-0.3, -0.25) is 0 Å². The molecule has 1 unspecified atom stereocenters. The standard InChI is InChI=1S/C45H26S/c1-2-12-31-27(10-1)20-23-36-33-14-4-7-17-39(33)45(44(31)36)38-16-6-3-13-32(38)34-22-21-28(26-40(34)45)30-24-29-11-9-19-42-43(29)37(25-30)35-15-5-8-18-41(35)46-42/h1-26H. The number of rotatable bonds is 1. The van der Waals surface area contributed by atoms with E-state index in [1.165, 1.54) is 98.1 Å². The van der Waals surface area contributed by atoms with Crippen LogP contribution in [0.5, 0.6) is 0 Å². The first-order valence-electron chi connectivity index (χ1n) is 16.0. The Hall–Kier alpha value is -5.37. The zero-order valence-electron chi connectivity index (χ0n) is 24.9. The molecule has 0 saturated carbocycles. The predicted octanol–water partition coefficient (Wildman–Crippen LogP) is 12.1. The van der Waals surface area contributed by atoms with Crippen molar-refractivity contribution < 1.29 is 0 Å². The lowest BCUT2D eigenvalue weighted by atomic mass is 9.69. The minimum atomic E-state index is -0.393. The van der Waals surface area contributed by atoms with Crippen LogP contribution in [-0.2, 0) is 5.41 Å². The summed E-state index contributed by atoms with van der Waals surface area (Å²) in [5.74, 6) is 0. The van der Waals surface area contributed by atoms with E-state index in [2.05, 4.69) is 158 Å². The van der Waals surface area contributed by atoms with Crippen molar-refractivity contribution in [2.75, 3.05) is 0 Å². The molecule has 0 fully saturated rings. The van der Waals surface area contributed by atoms with Gasteiger partial charge in [0.1, 0.15) is 0 Å². The fraction of sp³-hybridized carbons (Fsp3) is 0.0222. The van der Waals surface area contributed by atoms with Crippen LogP contribution in [0.1, 0.15) is 22.3 Å². The van der Waals surface area contributed by atoms with E-state index < -0.39 is 5.41 Å². The van der Waals surface area contributed by atoms with Crippen molar-refractivity contribution in [3.05, 3.63) is 180 Å². The Kier molecular flexibility index (Phi) is 4.80. The van der Waals surface area contributed by atoms with Gasteiger partial charge in [-0.25, -0.2) is 0 Å². The molecule has 1 heteroatoms. The van der Waals surface area contributed by atoms with Gasteiger partial charge in [0.15, 0.2) is 0 Å². The fourth-order valence-corrected chi connectivity index (χ4v) is 10.0. The van der Waals surface area contributed by atoms with Gasteiger partial charge in [0.05, 0.1) is 5.41 Å². The van der Waals surface area contributed by atoms with Crippen LogP contribution in [0, 0.1) is 0 Å². The van der Waals surface area contributed by atoms with E-state index in [0.29, 0.717) is 0 Å². The number of hydrogen-bond acceptors (Lipinski definition) is 1. The molecule has 46 heavy (non-hydrogen) atoms. The summed E-state index contributed by atoms with van der Waals surface area (Å²) in [6.45, 7) is 0. The summed E-state index contributed by atoms with van der Waals surface area (Å²) < 4.78 is 0. The lowest BCUT2D eigenvalue weighted by Crippen LogP contribution is -2.26. The number of benzene rings is 8. The minimum Gasteiger partial charge on any atom is -0.0888 e. The highest BCUT2D eigenvalue weighted by molar-refractivity contribution is 7.99. The first-order chi connectivity index (χ1) is 22.8. The molecule has 0 saturated heterocycles. The molecule has 8 aromatic rings. The largest absolute Gasteiger partial charge is 0.0888 e. The highest BCUT2D eigenvalue weighted by Gasteiger charge is 2.52. The molecule has 0 aromatic heterocycles. The smallest absolute Gasteiger partial charge is 0.0731 e. The molecule has 11 rings (SSSR count). The van der Waals surface area contributed by atoms with E-state index in [1.54, 1.807) is 0 Å². The van der Waals surface area contributed by atoms with Gasteiger partial charge in [-0.1, -0.05) is 139 Å². The summed E-state index contributed by atoms with van der Waals surface area (Å²) in [5, 5.41) is 5.29. The molecule has 0 radical (unpaired) electrons. The van der Waals surface area contributed by atoms with Crippen LogP contribution in [0.4, 0.5) is 0 Å². The zero-order valence-corrected chi connectivity index (χ0v) is 25.7. The second kappa shape index (κ2) is 8.88. The van der Waals surface area contributed by atoms with Gasteiger partial charge < -0.3 is 0 Å². The fourth-order valence-electron chi connectivity index (χ4n) is 8.85. The first kappa shape index (κ1) is 24.9. The van der Waals surface area contributed by atoms with Crippen LogP contribution in [0.25, 0.3) is 66.1 Å². The van der Waals surface area contributed by atoms with Crippen molar-refractivity contribution in [2.45, 2.75) is 15.2 Å². The van der Waals surface area contributed by atoms with Crippen molar-refractivity contribution in [1.82, 2.24) is 0 Å². The molecule has 0 amide bonds. The molecule has 1 heterocycles. The van der Waals surface area contributed by atoms with Gasteiger partial charge in [0.2, 0.25) is 0 Å². The maximum absolute atomic E-state index is 2.52. The molecule has 8 aromatic carbocycles. The molecular formula is C45H26S. The van der Waals surface area contributed by atoms with Crippen molar-refractivity contribution in [3.63, 3.8) is 0 Å².